The smallest absolute Gasteiger partial charge is 0.241 e. The van der Waals surface area contributed by atoms with Crippen LogP contribution in [0.3, 0.4) is 0 Å². The van der Waals surface area contributed by atoms with Crippen molar-refractivity contribution in [1.29, 1.82) is 0 Å². The van der Waals surface area contributed by atoms with E-state index in [1.54, 1.807) is 4.90 Å². The van der Waals surface area contributed by atoms with Crippen molar-refractivity contribution in [3.05, 3.63) is 0 Å². The Balaban J connectivity index is 1.69. The summed E-state index contributed by atoms with van der Waals surface area (Å²) in [6.07, 6.45) is 5.29. The van der Waals surface area contributed by atoms with Crippen LogP contribution in [-0.4, -0.2) is 48.4 Å². The summed E-state index contributed by atoms with van der Waals surface area (Å²) in [5.74, 6) is 0.517. The van der Waals surface area contributed by atoms with Crippen LogP contribution in [0.2, 0.25) is 0 Å². The maximum atomic E-state index is 11.9. The van der Waals surface area contributed by atoms with E-state index in [-0.39, 0.29) is 18.4 Å². The van der Waals surface area contributed by atoms with Crippen molar-refractivity contribution in [2.24, 2.45) is 5.92 Å². The lowest BCUT2D eigenvalue weighted by Crippen LogP contribution is -2.42. The van der Waals surface area contributed by atoms with Gasteiger partial charge >= 0.3 is 0 Å². The molecule has 2 N–H and O–H groups in total. The van der Waals surface area contributed by atoms with Crippen LogP contribution in [0, 0.1) is 5.92 Å². The van der Waals surface area contributed by atoms with Crippen LogP contribution in [0.1, 0.15) is 46.0 Å². The van der Waals surface area contributed by atoms with E-state index in [0.29, 0.717) is 37.5 Å². The Bertz CT molecular complexity index is 343. The molecule has 0 aromatic carbocycles. The summed E-state index contributed by atoms with van der Waals surface area (Å²) in [5.41, 5.74) is 0. The Kier molecular flexibility index (Phi) is 5.40. The predicted octanol–water partition coefficient (Wildman–Crippen LogP) is 0.892. The van der Waals surface area contributed by atoms with Crippen molar-refractivity contribution in [3.8, 4) is 0 Å². The molecular weight excluding hydrogens is 254 g/mol. The molecule has 2 saturated heterocycles. The molecule has 2 bridgehead atoms. The number of rotatable bonds is 6. The van der Waals surface area contributed by atoms with Gasteiger partial charge < -0.3 is 15.5 Å². The number of carbonyl (C=O) groups is 2. The molecule has 2 fully saturated rings. The third-order valence-corrected chi connectivity index (χ3v) is 4.60. The highest BCUT2D eigenvalue weighted by molar-refractivity contribution is 5.84. The largest absolute Gasteiger partial charge is 0.347 e. The molecule has 2 atom stereocenters. The van der Waals surface area contributed by atoms with Crippen LogP contribution in [0.25, 0.3) is 0 Å². The number of likely N-dealkylation sites (N-methyl/N-ethyl adjacent to an activating group) is 1. The van der Waals surface area contributed by atoms with E-state index in [9.17, 15) is 9.59 Å². The molecular formula is C15H27N3O2. The molecule has 2 unspecified atom stereocenters. The second-order valence-electron chi connectivity index (χ2n) is 6.02. The Hall–Kier alpha value is -1.10. The zero-order valence-corrected chi connectivity index (χ0v) is 12.7. The molecule has 0 saturated carbocycles. The Morgan fingerprint density at radius 2 is 1.75 bits per heavy atom. The summed E-state index contributed by atoms with van der Waals surface area (Å²) in [7, 11) is 0. The van der Waals surface area contributed by atoms with Gasteiger partial charge in [-0.1, -0.05) is 0 Å². The van der Waals surface area contributed by atoms with E-state index in [4.69, 9.17) is 0 Å². The summed E-state index contributed by atoms with van der Waals surface area (Å²) in [4.78, 5) is 25.5. The van der Waals surface area contributed by atoms with Gasteiger partial charge in [0.05, 0.1) is 6.54 Å². The van der Waals surface area contributed by atoms with Crippen LogP contribution in [-0.2, 0) is 9.59 Å². The van der Waals surface area contributed by atoms with Gasteiger partial charge in [0.2, 0.25) is 11.8 Å². The van der Waals surface area contributed by atoms with E-state index in [2.05, 4.69) is 10.6 Å². The SMILES string of the molecule is CCN(CC)C(=O)CNC(=O)CC1CC2CCC(C1)N2. The zero-order chi connectivity index (χ0) is 14.5. The minimum Gasteiger partial charge on any atom is -0.347 e. The monoisotopic (exact) mass is 281 g/mol. The van der Waals surface area contributed by atoms with E-state index < -0.39 is 0 Å². The molecule has 0 aliphatic carbocycles. The number of fused-ring (bicyclic) bond motifs is 2. The van der Waals surface area contributed by atoms with Gasteiger partial charge in [0.25, 0.3) is 0 Å². The van der Waals surface area contributed by atoms with E-state index in [1.807, 2.05) is 13.8 Å². The number of amides is 2. The molecule has 0 radical (unpaired) electrons. The molecule has 5 nitrogen and oxygen atoms in total. The summed E-state index contributed by atoms with van der Waals surface area (Å²) in [6, 6.07) is 1.23. The molecule has 5 heteroatoms. The molecule has 2 rings (SSSR count). The number of nitrogens with zero attached hydrogens (tertiary/aromatic N) is 1. The fraction of sp³-hybridized carbons (Fsp3) is 0.867. The molecule has 20 heavy (non-hydrogen) atoms. The average molecular weight is 281 g/mol. The highest BCUT2D eigenvalue weighted by atomic mass is 16.2. The third kappa shape index (κ3) is 3.95. The van der Waals surface area contributed by atoms with Crippen LogP contribution >= 0.6 is 0 Å². The summed E-state index contributed by atoms with van der Waals surface area (Å²) in [5, 5.41) is 6.36. The molecule has 0 aromatic heterocycles. The maximum absolute atomic E-state index is 11.9. The lowest BCUT2D eigenvalue weighted by molar-refractivity contribution is -0.132. The number of hydrogen-bond donors (Lipinski definition) is 2. The van der Waals surface area contributed by atoms with Crippen molar-refractivity contribution in [1.82, 2.24) is 15.5 Å². The normalized spacial score (nSPS) is 28.2. The average Bonchev–Trinajstić information content (AvgIpc) is 2.77. The van der Waals surface area contributed by atoms with E-state index in [1.165, 1.54) is 12.8 Å². The molecule has 2 aliphatic rings. The molecule has 114 valence electrons. The number of hydrogen-bond acceptors (Lipinski definition) is 3. The van der Waals surface area contributed by atoms with Gasteiger partial charge in [0.1, 0.15) is 0 Å². The standard InChI is InChI=1S/C15H27N3O2/c1-3-18(4-2)15(20)10-16-14(19)9-11-7-12-5-6-13(8-11)17-12/h11-13,17H,3-10H2,1-2H3,(H,16,19). The Morgan fingerprint density at radius 1 is 1.15 bits per heavy atom. The second-order valence-corrected chi connectivity index (χ2v) is 6.02. The zero-order valence-electron chi connectivity index (χ0n) is 12.7. The minimum absolute atomic E-state index is 0.00808. The van der Waals surface area contributed by atoms with Crippen molar-refractivity contribution in [2.75, 3.05) is 19.6 Å². The van der Waals surface area contributed by atoms with Crippen LogP contribution < -0.4 is 10.6 Å². The first-order chi connectivity index (χ1) is 9.62. The van der Waals surface area contributed by atoms with Crippen LogP contribution in [0.4, 0.5) is 0 Å². The fourth-order valence-corrected chi connectivity index (χ4v) is 3.54. The Labute approximate surface area is 121 Å². The lowest BCUT2D eigenvalue weighted by Gasteiger charge is -2.28. The first-order valence-electron chi connectivity index (χ1n) is 7.92. The summed E-state index contributed by atoms with van der Waals surface area (Å²) < 4.78 is 0. The summed E-state index contributed by atoms with van der Waals surface area (Å²) >= 11 is 0. The molecule has 2 aliphatic heterocycles. The fourth-order valence-electron chi connectivity index (χ4n) is 3.54. The number of nitrogens with one attached hydrogen (secondary N) is 2. The van der Waals surface area contributed by atoms with Gasteiger partial charge in [-0.25, -0.2) is 0 Å². The van der Waals surface area contributed by atoms with Gasteiger partial charge in [0, 0.05) is 31.6 Å². The van der Waals surface area contributed by atoms with Crippen molar-refractivity contribution in [2.45, 2.75) is 58.0 Å². The highest BCUT2D eigenvalue weighted by Gasteiger charge is 2.34. The predicted molar refractivity (Wildman–Crippen MR) is 78.2 cm³/mol. The molecule has 2 amide bonds. The molecule has 2 heterocycles. The first kappa shape index (κ1) is 15.3. The van der Waals surface area contributed by atoms with Gasteiger partial charge in [-0.3, -0.25) is 9.59 Å². The minimum atomic E-state index is 0.00808. The van der Waals surface area contributed by atoms with Gasteiger partial charge in [-0.2, -0.15) is 0 Å². The van der Waals surface area contributed by atoms with Crippen molar-refractivity contribution >= 4 is 11.8 Å². The van der Waals surface area contributed by atoms with Crippen LogP contribution in [0.5, 0.6) is 0 Å². The number of carbonyl (C=O) groups excluding carboxylic acids is 2. The maximum Gasteiger partial charge on any atom is 0.241 e. The van der Waals surface area contributed by atoms with Gasteiger partial charge in [-0.05, 0) is 45.4 Å². The molecule has 0 spiro atoms. The van der Waals surface area contributed by atoms with E-state index >= 15 is 0 Å². The van der Waals surface area contributed by atoms with Gasteiger partial charge in [-0.15, -0.1) is 0 Å². The lowest BCUT2D eigenvalue weighted by atomic mass is 9.89. The Morgan fingerprint density at radius 3 is 2.30 bits per heavy atom. The quantitative estimate of drug-likeness (QED) is 0.760. The van der Waals surface area contributed by atoms with Gasteiger partial charge in [0.15, 0.2) is 0 Å². The number of piperidine rings is 1. The molecule has 0 aromatic rings. The highest BCUT2D eigenvalue weighted by Crippen LogP contribution is 2.32. The van der Waals surface area contributed by atoms with E-state index in [0.717, 1.165) is 12.8 Å². The topological polar surface area (TPSA) is 61.4 Å². The summed E-state index contributed by atoms with van der Waals surface area (Å²) in [6.45, 7) is 5.44. The van der Waals surface area contributed by atoms with Crippen molar-refractivity contribution in [3.63, 3.8) is 0 Å². The first-order valence-corrected chi connectivity index (χ1v) is 7.92. The third-order valence-electron chi connectivity index (χ3n) is 4.60. The van der Waals surface area contributed by atoms with Crippen molar-refractivity contribution < 1.29 is 9.59 Å². The second kappa shape index (κ2) is 7.07. The van der Waals surface area contributed by atoms with Crippen LogP contribution in [0.15, 0.2) is 0 Å².